The summed E-state index contributed by atoms with van der Waals surface area (Å²) < 4.78 is 1.42. The molecule has 2 aliphatic rings. The van der Waals surface area contributed by atoms with Crippen LogP contribution in [-0.4, -0.2) is 3.21 Å². The number of rotatable bonds is 6. The zero-order valence-corrected chi connectivity index (χ0v) is 23.3. The number of hydrogen-bond donors (Lipinski definition) is 0. The van der Waals surface area contributed by atoms with Crippen molar-refractivity contribution in [1.29, 1.82) is 0 Å². The van der Waals surface area contributed by atoms with Crippen LogP contribution in [0.3, 0.4) is 0 Å². The standard InChI is InChI=1S/C16H21.C13H10.2ClH.Zr/c1-4-12-11-16(13-9-7-8-10-13)15(6-3)14(12)5-2;1-3-7-12(8-4-1)11-13-9-5-2-6-10-13;;;/h7-9,16H,4-6,10H2,1-3H3;1-10H;2*1H;/q-1;;;;. The van der Waals surface area contributed by atoms with Crippen molar-refractivity contribution in [2.24, 2.45) is 5.92 Å². The van der Waals surface area contributed by atoms with Gasteiger partial charge in [-0.25, -0.2) is 5.57 Å². The fourth-order valence-corrected chi connectivity index (χ4v) is 5.08. The minimum atomic E-state index is 0. The van der Waals surface area contributed by atoms with Crippen molar-refractivity contribution in [2.45, 2.75) is 46.5 Å². The van der Waals surface area contributed by atoms with E-state index in [9.17, 15) is 0 Å². The van der Waals surface area contributed by atoms with Crippen LogP contribution >= 0.6 is 24.8 Å². The molecular formula is C29H33Cl2Zr-. The molecule has 0 heterocycles. The molecule has 0 spiro atoms. The Morgan fingerprint density at radius 3 is 1.81 bits per heavy atom. The van der Waals surface area contributed by atoms with Crippen LogP contribution in [0.4, 0.5) is 0 Å². The van der Waals surface area contributed by atoms with Crippen molar-refractivity contribution in [3.05, 3.63) is 118 Å². The topological polar surface area (TPSA) is 0 Å². The monoisotopic (exact) mass is 541 g/mol. The molecule has 0 nitrogen and oxygen atoms in total. The molecule has 2 aliphatic carbocycles. The molecule has 0 saturated carbocycles. The third-order valence-corrected chi connectivity index (χ3v) is 7.22. The van der Waals surface area contributed by atoms with E-state index in [1.54, 1.807) is 11.1 Å². The first-order valence-electron chi connectivity index (χ1n) is 11.1. The third kappa shape index (κ3) is 7.11. The molecule has 0 bridgehead atoms. The van der Waals surface area contributed by atoms with Gasteiger partial charge in [0, 0.05) is 0 Å². The van der Waals surface area contributed by atoms with Gasteiger partial charge in [-0.1, -0.05) is 69.8 Å². The van der Waals surface area contributed by atoms with E-state index in [2.05, 4.69) is 106 Å². The van der Waals surface area contributed by atoms with Gasteiger partial charge in [0.25, 0.3) is 0 Å². The Bertz CT molecular complexity index is 941. The van der Waals surface area contributed by atoms with Gasteiger partial charge in [-0.05, 0) is 6.42 Å². The maximum atomic E-state index is 3.72. The van der Waals surface area contributed by atoms with Gasteiger partial charge in [0.05, 0.1) is 0 Å². The third-order valence-electron chi connectivity index (χ3n) is 5.80. The maximum absolute atomic E-state index is 3.72. The summed E-state index contributed by atoms with van der Waals surface area (Å²) in [5, 5.41) is 0. The van der Waals surface area contributed by atoms with E-state index < -0.39 is 0 Å². The average Bonchev–Trinajstić information content (AvgIpc) is 3.47. The average molecular weight is 544 g/mol. The summed E-state index contributed by atoms with van der Waals surface area (Å²) in [6.07, 6.45) is 15.0. The molecule has 0 saturated heterocycles. The summed E-state index contributed by atoms with van der Waals surface area (Å²) in [4.78, 5) is 0. The van der Waals surface area contributed by atoms with E-state index in [1.807, 2.05) is 0 Å². The zero-order chi connectivity index (χ0) is 21.3. The van der Waals surface area contributed by atoms with Gasteiger partial charge in [0.15, 0.2) is 0 Å². The first kappa shape index (κ1) is 28.8. The van der Waals surface area contributed by atoms with Crippen molar-refractivity contribution in [3.8, 4) is 0 Å². The number of benzene rings is 2. The Kier molecular flexibility index (Phi) is 13.3. The van der Waals surface area contributed by atoms with Crippen LogP contribution in [0.25, 0.3) is 0 Å². The van der Waals surface area contributed by atoms with Gasteiger partial charge in [0.1, 0.15) is 0 Å². The number of allylic oxidation sites excluding steroid dienone is 8. The fraction of sp³-hybridized carbons (Fsp3) is 0.276. The van der Waals surface area contributed by atoms with Crippen molar-refractivity contribution >= 4 is 28.0 Å². The summed E-state index contributed by atoms with van der Waals surface area (Å²) in [6.45, 7) is 6.79. The van der Waals surface area contributed by atoms with Gasteiger partial charge in [-0.3, -0.25) is 6.08 Å². The second kappa shape index (κ2) is 14.8. The SMILES string of the molecule is CCC1=[C-]C(C2=CC=CC2)C(CC)=C1CC.Cl.Cl.[Zr]=[C](c1ccccc1)c1ccccc1. The first-order chi connectivity index (χ1) is 14.7. The van der Waals surface area contributed by atoms with Crippen LogP contribution in [-0.2, 0) is 24.2 Å². The number of hydrogen-bond acceptors (Lipinski definition) is 0. The van der Waals surface area contributed by atoms with Crippen LogP contribution < -0.4 is 0 Å². The van der Waals surface area contributed by atoms with Crippen LogP contribution in [0.15, 0.2) is 101 Å². The summed E-state index contributed by atoms with van der Waals surface area (Å²) >= 11 is 1.46. The molecule has 0 fully saturated rings. The molecule has 0 N–H and O–H groups in total. The van der Waals surface area contributed by atoms with Crippen molar-refractivity contribution in [1.82, 2.24) is 0 Å². The van der Waals surface area contributed by atoms with E-state index in [0.29, 0.717) is 5.92 Å². The quantitative estimate of drug-likeness (QED) is 0.321. The van der Waals surface area contributed by atoms with Gasteiger partial charge in [-0.15, -0.1) is 24.8 Å². The predicted octanol–water partition coefficient (Wildman–Crippen LogP) is 8.40. The van der Waals surface area contributed by atoms with E-state index in [4.69, 9.17) is 0 Å². The van der Waals surface area contributed by atoms with Gasteiger partial charge in [-0.2, -0.15) is 11.1 Å². The zero-order valence-electron chi connectivity index (χ0n) is 19.2. The molecule has 4 rings (SSSR count). The Labute approximate surface area is 221 Å². The normalized spacial score (nSPS) is 16.2. The van der Waals surface area contributed by atoms with Gasteiger partial charge < -0.3 is 0 Å². The van der Waals surface area contributed by atoms with Crippen LogP contribution in [0, 0.1) is 12.0 Å². The molecule has 3 heteroatoms. The van der Waals surface area contributed by atoms with E-state index in [-0.39, 0.29) is 24.8 Å². The van der Waals surface area contributed by atoms with Gasteiger partial charge >= 0.3 is 99.2 Å². The predicted molar refractivity (Wildman–Crippen MR) is 141 cm³/mol. The summed E-state index contributed by atoms with van der Waals surface area (Å²) in [7, 11) is 0. The van der Waals surface area contributed by atoms with E-state index >= 15 is 0 Å². The molecule has 32 heavy (non-hydrogen) atoms. The molecule has 0 aliphatic heterocycles. The summed E-state index contributed by atoms with van der Waals surface area (Å²) in [5.74, 6) is 0.491. The van der Waals surface area contributed by atoms with Crippen LogP contribution in [0.1, 0.15) is 57.6 Å². The van der Waals surface area contributed by atoms with Crippen molar-refractivity contribution in [2.75, 3.05) is 0 Å². The summed E-state index contributed by atoms with van der Waals surface area (Å²) in [5.41, 5.74) is 8.87. The molecule has 1 unspecified atom stereocenters. The number of halogens is 2. The minimum absolute atomic E-state index is 0. The summed E-state index contributed by atoms with van der Waals surface area (Å²) in [6, 6.07) is 21.1. The second-order valence-electron chi connectivity index (χ2n) is 7.60. The van der Waals surface area contributed by atoms with E-state index in [1.165, 1.54) is 56.1 Å². The van der Waals surface area contributed by atoms with Crippen LogP contribution in [0.5, 0.6) is 0 Å². The second-order valence-corrected chi connectivity index (χ2v) is 8.83. The Hall–Kier alpha value is -1.27. The first-order valence-corrected chi connectivity index (χ1v) is 12.3. The van der Waals surface area contributed by atoms with E-state index in [0.717, 1.165) is 19.3 Å². The molecule has 168 valence electrons. The molecular weight excluding hydrogens is 510 g/mol. The molecule has 2 aromatic carbocycles. The van der Waals surface area contributed by atoms with Crippen molar-refractivity contribution in [3.63, 3.8) is 0 Å². The molecule has 0 aromatic heterocycles. The molecule has 1 atom stereocenters. The Morgan fingerprint density at radius 2 is 1.41 bits per heavy atom. The Balaban J connectivity index is 0.000000303. The molecule has 0 amide bonds. The molecule has 2 aromatic rings. The Morgan fingerprint density at radius 1 is 0.844 bits per heavy atom. The molecule has 0 radical (unpaired) electrons. The van der Waals surface area contributed by atoms with Crippen LogP contribution in [0.2, 0.25) is 0 Å². The fourth-order valence-electron chi connectivity index (χ4n) is 4.26. The van der Waals surface area contributed by atoms with Gasteiger partial charge in [0.2, 0.25) is 0 Å². The van der Waals surface area contributed by atoms with Crippen molar-refractivity contribution < 1.29 is 24.2 Å².